The van der Waals surface area contributed by atoms with Crippen LogP contribution in [0.5, 0.6) is 0 Å². The van der Waals surface area contributed by atoms with Crippen molar-refractivity contribution in [3.8, 4) is 0 Å². The Hall–Kier alpha value is -3.45. The number of anilines is 12. The molecule has 0 bridgehead atoms. The molecule has 0 aliphatic rings. The SMILES string of the molecule is Nc1nc(N)nc(N)n1.Nc1nc(N)nc(N)n1.Nc1nc(N)nc(N)n1.Nc1nc(N)nc(N)n1.O=P([O-])([O-])OP(=O)([O-])[O-].O=P([O-])([O-])OP(=O)([O-])[O-].O=P([O-])([O-])OP(=O)([O-])[O-].[Al+3].[Al+3].[Al+3].[Al+3]. The standard InChI is InChI=1S/4C3H6N6.4Al.3H4O7P2/c4*4-1-7-2(5)9-3(6)8-1;;;;;3*1-8(2,3)7-9(4,5)6/h4*(H6,4,5,6,7,8,9);;;;;3*(H2,1,2,3)(H2,4,5,6)/q;;;;4*+3;;;/p-12. The molecule has 0 aliphatic heterocycles. The second-order valence-corrected chi connectivity index (χ2v) is 15.9. The van der Waals surface area contributed by atoms with Crippen LogP contribution in [0.3, 0.4) is 0 Å². The second kappa shape index (κ2) is 33.9. The molecule has 0 fully saturated rings. The summed E-state index contributed by atoms with van der Waals surface area (Å²) in [6.07, 6.45) is 0. The Kier molecular flexibility index (Phi) is 39.4. The molecule has 4 aromatic rings. The minimum Gasteiger partial charge on any atom is -0.790 e. The molecular formula is C12H24Al4N24O21P6. The van der Waals surface area contributed by atoms with Gasteiger partial charge in [0.2, 0.25) is 71.4 Å². The molecule has 4 aromatic heterocycles. The van der Waals surface area contributed by atoms with Crippen molar-refractivity contribution in [2.75, 3.05) is 68.8 Å². The Labute approximate surface area is 413 Å². The average molecular weight is 1130 g/mol. The van der Waals surface area contributed by atoms with E-state index in [9.17, 15) is 86.1 Å². The van der Waals surface area contributed by atoms with Gasteiger partial charge < -0.3 is 168 Å². The van der Waals surface area contributed by atoms with E-state index in [-0.39, 0.29) is 141 Å². The molecule has 0 saturated heterocycles. The van der Waals surface area contributed by atoms with Gasteiger partial charge in [-0.1, -0.05) is 0 Å². The number of phosphoric acid groups is 6. The third-order valence-electron chi connectivity index (χ3n) is 3.35. The van der Waals surface area contributed by atoms with Crippen LogP contribution in [0.2, 0.25) is 0 Å². The van der Waals surface area contributed by atoms with Gasteiger partial charge in [-0.2, -0.15) is 59.8 Å². The van der Waals surface area contributed by atoms with E-state index >= 15 is 0 Å². The minimum atomic E-state index is -5.68. The molecule has 0 unspecified atom stereocenters. The van der Waals surface area contributed by atoms with Crippen LogP contribution < -0.4 is 128 Å². The maximum atomic E-state index is 9.32. The molecule has 0 atom stereocenters. The number of nitrogens with two attached hydrogens (primary N) is 12. The van der Waals surface area contributed by atoms with E-state index in [1.54, 1.807) is 0 Å². The van der Waals surface area contributed by atoms with Crippen LogP contribution in [-0.2, 0) is 40.3 Å². The zero-order valence-electron chi connectivity index (χ0n) is 31.9. The van der Waals surface area contributed by atoms with Gasteiger partial charge >= 0.3 is 69.4 Å². The van der Waals surface area contributed by atoms with E-state index in [2.05, 4.69) is 72.7 Å². The predicted molar refractivity (Wildman–Crippen MR) is 204 cm³/mol. The van der Waals surface area contributed by atoms with Gasteiger partial charge in [0.15, 0.2) is 0 Å². The molecular weight excluding hydrogens is 1110 g/mol. The fraction of sp³-hybridized carbons (Fsp3) is 0. The van der Waals surface area contributed by atoms with Gasteiger partial charge in [-0.3, -0.25) is 0 Å². The van der Waals surface area contributed by atoms with Crippen LogP contribution in [-0.4, -0.2) is 129 Å². The predicted octanol–water partition coefficient (Wildman–Crippen LogP) is -17.1. The topological polar surface area (TPSA) is 874 Å². The van der Waals surface area contributed by atoms with Crippen molar-refractivity contribution < 1.29 is 99.0 Å². The van der Waals surface area contributed by atoms with Gasteiger partial charge in [0, 0.05) is 0 Å². The Morgan fingerprint density at radius 1 is 0.224 bits per heavy atom. The fourth-order valence-corrected chi connectivity index (χ4v) is 5.02. The molecule has 45 nitrogen and oxygen atoms in total. The number of aromatic nitrogens is 12. The Morgan fingerprint density at radius 2 is 0.284 bits per heavy atom. The smallest absolute Gasteiger partial charge is 0.790 e. The monoisotopic (exact) mass is 1130 g/mol. The number of nitrogens with zero attached hydrogens (tertiary/aromatic N) is 12. The second-order valence-electron chi connectivity index (χ2n) is 8.57. The van der Waals surface area contributed by atoms with Crippen LogP contribution in [0.1, 0.15) is 0 Å². The zero-order chi connectivity index (χ0) is 50.5. The molecule has 55 heteroatoms. The van der Waals surface area contributed by atoms with Gasteiger partial charge in [-0.05, 0) is 0 Å². The van der Waals surface area contributed by atoms with Crippen molar-refractivity contribution in [3.05, 3.63) is 0 Å². The molecule has 0 amide bonds. The summed E-state index contributed by atoms with van der Waals surface area (Å²) >= 11 is 0. The van der Waals surface area contributed by atoms with E-state index in [4.69, 9.17) is 68.8 Å². The van der Waals surface area contributed by atoms with Crippen LogP contribution >= 0.6 is 46.9 Å². The first-order valence-electron chi connectivity index (χ1n) is 13.2. The summed E-state index contributed by atoms with van der Waals surface area (Å²) in [6.45, 7) is 0. The Balaban J connectivity index is -0.000000124. The normalized spacial score (nSPS) is 10.6. The van der Waals surface area contributed by atoms with E-state index in [1.807, 2.05) is 0 Å². The van der Waals surface area contributed by atoms with Crippen LogP contribution in [0.25, 0.3) is 0 Å². The van der Waals surface area contributed by atoms with Crippen molar-refractivity contribution >= 4 is 188 Å². The van der Waals surface area contributed by atoms with Crippen molar-refractivity contribution in [1.82, 2.24) is 59.8 Å². The summed E-state index contributed by atoms with van der Waals surface area (Å²) < 4.78 is 63.5. The molecule has 0 radical (unpaired) electrons. The molecule has 0 aromatic carbocycles. The maximum Gasteiger partial charge on any atom is 3.00 e. The average Bonchev–Trinajstić information content (AvgIpc) is 2.90. The van der Waals surface area contributed by atoms with Crippen molar-refractivity contribution in [2.45, 2.75) is 0 Å². The first-order chi connectivity index (χ1) is 27.8. The van der Waals surface area contributed by atoms with Crippen molar-refractivity contribution in [1.29, 1.82) is 0 Å². The van der Waals surface area contributed by atoms with Gasteiger partial charge in [-0.25, -0.2) is 0 Å². The first-order valence-corrected chi connectivity index (χ1v) is 22.0. The first kappa shape index (κ1) is 77.8. The zero-order valence-corrected chi connectivity index (χ0v) is 41.8. The summed E-state index contributed by atoms with van der Waals surface area (Å²) in [5.74, 6) is 0.500. The van der Waals surface area contributed by atoms with E-state index < -0.39 is 46.9 Å². The summed E-state index contributed by atoms with van der Waals surface area (Å²) in [7, 11) is -34.1. The van der Waals surface area contributed by atoms with E-state index in [0.29, 0.717) is 0 Å². The van der Waals surface area contributed by atoms with Gasteiger partial charge in [0.1, 0.15) is 0 Å². The number of hydrogen-bond donors (Lipinski definition) is 12. The van der Waals surface area contributed by atoms with Crippen LogP contribution in [0.15, 0.2) is 0 Å². The van der Waals surface area contributed by atoms with E-state index in [0.717, 1.165) is 0 Å². The van der Waals surface area contributed by atoms with Crippen molar-refractivity contribution in [3.63, 3.8) is 0 Å². The molecule has 4 heterocycles. The third kappa shape index (κ3) is 58.6. The molecule has 0 aliphatic carbocycles. The number of hydrogen-bond acceptors (Lipinski definition) is 45. The minimum absolute atomic E-state index is 0. The van der Waals surface area contributed by atoms with Crippen LogP contribution in [0.4, 0.5) is 71.4 Å². The summed E-state index contributed by atoms with van der Waals surface area (Å²) in [5.41, 5.74) is 61.6. The maximum absolute atomic E-state index is 9.32. The summed E-state index contributed by atoms with van der Waals surface area (Å²) in [5, 5.41) is 0. The van der Waals surface area contributed by atoms with Gasteiger partial charge in [-0.15, -0.1) is 0 Å². The largest absolute Gasteiger partial charge is 3.00 e. The molecule has 4 rings (SSSR count). The molecule has 24 N–H and O–H groups in total. The Morgan fingerprint density at radius 3 is 0.313 bits per heavy atom. The molecule has 67 heavy (non-hydrogen) atoms. The van der Waals surface area contributed by atoms with Crippen LogP contribution in [0, 0.1) is 0 Å². The van der Waals surface area contributed by atoms with Gasteiger partial charge in [0.05, 0.1) is 46.9 Å². The summed E-state index contributed by atoms with van der Waals surface area (Å²) in [4.78, 5) is 154. The molecule has 360 valence electrons. The number of nitrogen functional groups attached to an aromatic ring is 12. The Bertz CT molecular complexity index is 1810. The molecule has 0 saturated carbocycles. The van der Waals surface area contributed by atoms with Gasteiger partial charge in [0.25, 0.3) is 0 Å². The quantitative estimate of drug-likeness (QED) is 0.0630. The van der Waals surface area contributed by atoms with Crippen molar-refractivity contribution in [2.24, 2.45) is 0 Å². The fourth-order valence-electron chi connectivity index (χ4n) is 2.08. The summed E-state index contributed by atoms with van der Waals surface area (Å²) in [6, 6.07) is 0. The third-order valence-corrected chi connectivity index (χ3v) is 8.15. The van der Waals surface area contributed by atoms with E-state index in [1.165, 1.54) is 0 Å². The number of rotatable bonds is 6. The molecule has 0 spiro atoms.